The molecule has 3 aromatic heterocycles. The van der Waals surface area contributed by atoms with Crippen molar-refractivity contribution in [3.63, 3.8) is 0 Å². The number of hydrogen-bond acceptors (Lipinski definition) is 5. The fourth-order valence-electron chi connectivity index (χ4n) is 9.10. The Morgan fingerprint density at radius 1 is 0.379 bits per heavy atom. The van der Waals surface area contributed by atoms with E-state index >= 15 is 0 Å². The largest absolute Gasteiger partial charge is 0.455 e. The molecule has 0 fully saturated rings. The molecule has 0 saturated carbocycles. The SMILES string of the molecule is CS1(C)c2ccc(N(c3ccccc3)c3cccc4c3oc3ccccc34)cc2-c2oc3cc(N(c4ccccc4)c4cccc5c4oc4ccccc45)ccc3c21. The van der Waals surface area contributed by atoms with Crippen LogP contribution in [0.4, 0.5) is 34.1 Å². The molecule has 0 unspecified atom stereocenters. The standard InChI is InChI=1S/C52H36N2O3S/c1-58(2)48-30-28-35(53(33-15-5-3-6-16-33)43-23-13-21-39-37-19-9-11-25-45(37)55-49(39)43)31-42(48)51-52(58)41-29-27-36(32-47(41)57-51)54(34-17-7-4-8-18-34)44-24-14-22-40-38-20-10-12-26-46(38)56-50(40)44/h3-32H,1-2H3. The van der Waals surface area contributed by atoms with E-state index in [1.165, 1.54) is 9.79 Å². The molecular formula is C52H36N2O3S. The maximum atomic E-state index is 7.06. The van der Waals surface area contributed by atoms with Gasteiger partial charge in [-0.25, -0.2) is 0 Å². The molecule has 0 aliphatic carbocycles. The number of fused-ring (bicyclic) bond motifs is 11. The molecule has 0 atom stereocenters. The lowest BCUT2D eigenvalue weighted by molar-refractivity contribution is 0.625. The van der Waals surface area contributed by atoms with Crippen molar-refractivity contribution in [2.45, 2.75) is 9.79 Å². The highest BCUT2D eigenvalue weighted by Crippen LogP contribution is 2.70. The molecule has 6 heteroatoms. The molecule has 4 heterocycles. The molecule has 278 valence electrons. The second kappa shape index (κ2) is 12.4. The molecule has 0 spiro atoms. The minimum atomic E-state index is -1.41. The predicted molar refractivity (Wildman–Crippen MR) is 242 cm³/mol. The Kier molecular flexibility index (Phi) is 7.08. The van der Waals surface area contributed by atoms with Crippen LogP contribution in [0.5, 0.6) is 0 Å². The average molecular weight is 769 g/mol. The van der Waals surface area contributed by atoms with E-state index in [4.69, 9.17) is 13.3 Å². The number of anilines is 6. The summed E-state index contributed by atoms with van der Waals surface area (Å²) in [5, 5.41) is 5.55. The Bertz CT molecular complexity index is 3400. The Labute approximate surface area is 336 Å². The monoisotopic (exact) mass is 768 g/mol. The summed E-state index contributed by atoms with van der Waals surface area (Å²) < 4.78 is 20.2. The Hall–Kier alpha value is -7.15. The van der Waals surface area contributed by atoms with E-state index in [1.54, 1.807) is 0 Å². The summed E-state index contributed by atoms with van der Waals surface area (Å²) in [5.74, 6) is 0.949. The van der Waals surface area contributed by atoms with Crippen molar-refractivity contribution >= 4 is 99.0 Å². The molecular weight excluding hydrogens is 733 g/mol. The highest BCUT2D eigenvalue weighted by molar-refractivity contribution is 8.33. The lowest BCUT2D eigenvalue weighted by Crippen LogP contribution is -2.10. The molecule has 58 heavy (non-hydrogen) atoms. The zero-order valence-corrected chi connectivity index (χ0v) is 32.7. The van der Waals surface area contributed by atoms with Crippen LogP contribution in [0, 0.1) is 0 Å². The number of rotatable bonds is 6. The Morgan fingerprint density at radius 2 is 0.879 bits per heavy atom. The highest BCUT2D eigenvalue weighted by Gasteiger charge is 2.38. The van der Waals surface area contributed by atoms with Gasteiger partial charge in [0, 0.05) is 65.4 Å². The molecule has 0 N–H and O–H groups in total. The number of nitrogens with zero attached hydrogens (tertiary/aromatic N) is 2. The molecule has 0 bridgehead atoms. The van der Waals surface area contributed by atoms with Gasteiger partial charge >= 0.3 is 0 Å². The van der Waals surface area contributed by atoms with E-state index in [2.05, 4.69) is 180 Å². The molecule has 0 saturated heterocycles. The summed E-state index contributed by atoms with van der Waals surface area (Å²) >= 11 is 0. The van der Waals surface area contributed by atoms with Gasteiger partial charge in [0.15, 0.2) is 11.2 Å². The van der Waals surface area contributed by atoms with Crippen LogP contribution in [0.1, 0.15) is 0 Å². The summed E-state index contributed by atoms with van der Waals surface area (Å²) in [6.45, 7) is 0. The minimum absolute atomic E-state index is 0.850. The second-order valence-corrected chi connectivity index (χ2v) is 18.8. The van der Waals surface area contributed by atoms with Crippen molar-refractivity contribution in [3.05, 3.63) is 182 Å². The quantitative estimate of drug-likeness (QED) is 0.169. The first kappa shape index (κ1) is 33.0. The molecule has 8 aromatic carbocycles. The summed E-state index contributed by atoms with van der Waals surface area (Å²) in [6.07, 6.45) is 4.78. The van der Waals surface area contributed by atoms with E-state index in [0.717, 1.165) is 100 Å². The predicted octanol–water partition coefficient (Wildman–Crippen LogP) is 15.6. The van der Waals surface area contributed by atoms with E-state index < -0.39 is 10.0 Å². The fraction of sp³-hybridized carbons (Fsp3) is 0.0385. The normalized spacial score (nSPS) is 13.7. The Balaban J connectivity index is 1.03. The van der Waals surface area contributed by atoms with Crippen LogP contribution in [-0.2, 0) is 0 Å². The van der Waals surface area contributed by atoms with Gasteiger partial charge in [0.05, 0.1) is 17.1 Å². The smallest absolute Gasteiger partial charge is 0.159 e. The van der Waals surface area contributed by atoms with Crippen molar-refractivity contribution in [2.24, 2.45) is 0 Å². The molecule has 0 radical (unpaired) electrons. The van der Waals surface area contributed by atoms with Gasteiger partial charge in [0.2, 0.25) is 0 Å². The van der Waals surface area contributed by atoms with E-state index in [1.807, 2.05) is 24.3 Å². The lowest BCUT2D eigenvalue weighted by atomic mass is 10.1. The molecule has 1 aliphatic rings. The van der Waals surface area contributed by atoms with Crippen molar-refractivity contribution in [3.8, 4) is 11.3 Å². The first-order valence-corrected chi connectivity index (χ1v) is 21.9. The molecule has 5 nitrogen and oxygen atoms in total. The summed E-state index contributed by atoms with van der Waals surface area (Å²) in [4.78, 5) is 7.20. The van der Waals surface area contributed by atoms with Gasteiger partial charge < -0.3 is 23.1 Å². The lowest BCUT2D eigenvalue weighted by Gasteiger charge is -2.29. The third-order valence-electron chi connectivity index (χ3n) is 11.7. The van der Waals surface area contributed by atoms with Crippen LogP contribution in [0.15, 0.2) is 205 Å². The van der Waals surface area contributed by atoms with E-state index in [9.17, 15) is 0 Å². The van der Waals surface area contributed by atoms with Crippen molar-refractivity contribution in [2.75, 3.05) is 22.3 Å². The Morgan fingerprint density at radius 3 is 1.47 bits per heavy atom. The number of benzene rings is 8. The maximum absolute atomic E-state index is 7.06. The van der Waals surface area contributed by atoms with Crippen LogP contribution in [0.2, 0.25) is 0 Å². The maximum Gasteiger partial charge on any atom is 0.159 e. The van der Waals surface area contributed by atoms with Crippen molar-refractivity contribution < 1.29 is 13.3 Å². The van der Waals surface area contributed by atoms with Gasteiger partial charge in [-0.2, -0.15) is 10.0 Å². The molecule has 1 aliphatic heterocycles. The van der Waals surface area contributed by atoms with Gasteiger partial charge in [0.1, 0.15) is 22.5 Å². The van der Waals surface area contributed by atoms with E-state index in [-0.39, 0.29) is 0 Å². The van der Waals surface area contributed by atoms with Gasteiger partial charge in [-0.15, -0.1) is 0 Å². The highest BCUT2D eigenvalue weighted by atomic mass is 32.3. The third kappa shape index (κ3) is 4.79. The van der Waals surface area contributed by atoms with Crippen LogP contribution in [0.25, 0.3) is 66.2 Å². The molecule has 0 amide bonds. The van der Waals surface area contributed by atoms with Crippen LogP contribution in [-0.4, -0.2) is 12.5 Å². The van der Waals surface area contributed by atoms with Crippen LogP contribution in [0.3, 0.4) is 0 Å². The molecule has 12 rings (SSSR count). The molecule has 11 aromatic rings. The van der Waals surface area contributed by atoms with Crippen LogP contribution >= 0.6 is 10.0 Å². The summed E-state index contributed by atoms with van der Waals surface area (Å²) in [5.41, 5.74) is 11.5. The van der Waals surface area contributed by atoms with Gasteiger partial charge in [-0.05, 0) is 91.4 Å². The van der Waals surface area contributed by atoms with Crippen molar-refractivity contribution in [1.82, 2.24) is 0 Å². The zero-order valence-electron chi connectivity index (χ0n) is 31.8. The van der Waals surface area contributed by atoms with Gasteiger partial charge in [-0.1, -0.05) is 97.1 Å². The first-order valence-electron chi connectivity index (χ1n) is 19.5. The van der Waals surface area contributed by atoms with Crippen molar-refractivity contribution in [1.29, 1.82) is 0 Å². The summed E-state index contributed by atoms with van der Waals surface area (Å²) in [7, 11) is -1.41. The zero-order chi connectivity index (χ0) is 38.5. The van der Waals surface area contributed by atoms with Crippen LogP contribution < -0.4 is 9.80 Å². The topological polar surface area (TPSA) is 45.9 Å². The second-order valence-electron chi connectivity index (χ2n) is 15.3. The number of furan rings is 3. The third-order valence-corrected chi connectivity index (χ3v) is 14.6. The number of para-hydroxylation sites is 6. The first-order chi connectivity index (χ1) is 28.5. The van der Waals surface area contributed by atoms with Gasteiger partial charge in [-0.3, -0.25) is 0 Å². The van der Waals surface area contributed by atoms with Gasteiger partial charge in [0.25, 0.3) is 0 Å². The number of hydrogen-bond donors (Lipinski definition) is 0. The van der Waals surface area contributed by atoms with E-state index in [0.29, 0.717) is 0 Å². The minimum Gasteiger partial charge on any atom is -0.455 e. The fourth-order valence-corrected chi connectivity index (χ4v) is 11.8. The average Bonchev–Trinajstić information content (AvgIpc) is 4.01. The summed E-state index contributed by atoms with van der Waals surface area (Å²) in [6, 6.07) is 63.9.